The molecule has 0 fully saturated rings. The fraction of sp³-hybridized carbons (Fsp3) is 0.185. The maximum absolute atomic E-state index is 13.7. The molecule has 0 spiro atoms. The minimum absolute atomic E-state index is 0.114. The number of thiophene rings is 1. The largest absolute Gasteiger partial charge is 0.343 e. The SMILES string of the molecule is CSc1ccc([C@@H]2C3=C(C[C@@H](c4cccs4)CC3=O)Nc3[nH]n(-c4ccccc4)c(=O)c32)cc1. The second kappa shape index (κ2) is 8.49. The van der Waals surface area contributed by atoms with E-state index in [1.54, 1.807) is 27.8 Å². The first-order chi connectivity index (χ1) is 16.6. The van der Waals surface area contributed by atoms with Gasteiger partial charge in [-0.15, -0.1) is 23.1 Å². The number of aromatic amines is 1. The van der Waals surface area contributed by atoms with Crippen LogP contribution in [0.25, 0.3) is 5.69 Å². The molecular weight excluding hydrogens is 462 g/mol. The first-order valence-corrected chi connectivity index (χ1v) is 13.4. The number of thioether (sulfide) groups is 1. The van der Waals surface area contributed by atoms with Crippen LogP contribution in [0, 0.1) is 0 Å². The van der Waals surface area contributed by atoms with Crippen molar-refractivity contribution in [3.8, 4) is 5.69 Å². The Bertz CT molecular complexity index is 1450. The Morgan fingerprint density at radius 2 is 1.76 bits per heavy atom. The first kappa shape index (κ1) is 21.3. The number of aromatic nitrogens is 2. The highest BCUT2D eigenvalue weighted by molar-refractivity contribution is 7.98. The fourth-order valence-electron chi connectivity index (χ4n) is 5.11. The van der Waals surface area contributed by atoms with Crippen LogP contribution in [-0.2, 0) is 4.79 Å². The van der Waals surface area contributed by atoms with Gasteiger partial charge in [-0.1, -0.05) is 36.4 Å². The number of Topliss-reactive ketones (excluding diaryl/α,β-unsaturated/α-hetero) is 1. The summed E-state index contributed by atoms with van der Waals surface area (Å²) in [6.45, 7) is 0. The number of rotatable bonds is 4. The standard InChI is InChI=1S/C27H23N3O2S2/c1-33-19-11-9-16(10-12-19)23-24-20(14-17(15-21(24)31)22-8-5-13-34-22)28-26-25(23)27(32)30(29-26)18-6-3-2-4-7-18/h2-13,17,23,28-29H,14-15H2,1H3/t17-,23-/m1/s1. The summed E-state index contributed by atoms with van der Waals surface area (Å²) in [6, 6.07) is 21.9. The van der Waals surface area contributed by atoms with Gasteiger partial charge >= 0.3 is 0 Å². The zero-order valence-corrected chi connectivity index (χ0v) is 20.2. The van der Waals surface area contributed by atoms with Crippen LogP contribution in [0.1, 0.15) is 40.7 Å². The average molecular weight is 486 g/mol. The highest BCUT2D eigenvalue weighted by Crippen LogP contribution is 2.47. The van der Waals surface area contributed by atoms with E-state index in [1.165, 1.54) is 4.88 Å². The molecular formula is C27H23N3O2S2. The summed E-state index contributed by atoms with van der Waals surface area (Å²) in [5, 5.41) is 8.80. The van der Waals surface area contributed by atoms with Crippen molar-refractivity contribution in [3.05, 3.63) is 110 Å². The van der Waals surface area contributed by atoms with Gasteiger partial charge in [-0.3, -0.25) is 14.7 Å². The van der Waals surface area contributed by atoms with Crippen LogP contribution in [0.3, 0.4) is 0 Å². The highest BCUT2D eigenvalue weighted by Gasteiger charge is 2.41. The zero-order valence-electron chi connectivity index (χ0n) is 18.6. The first-order valence-electron chi connectivity index (χ1n) is 11.2. The van der Waals surface area contributed by atoms with Crippen molar-refractivity contribution in [2.45, 2.75) is 29.6 Å². The summed E-state index contributed by atoms with van der Waals surface area (Å²) in [5.74, 6) is 0.546. The van der Waals surface area contributed by atoms with E-state index in [0.29, 0.717) is 17.8 Å². The summed E-state index contributed by atoms with van der Waals surface area (Å²) >= 11 is 3.37. The van der Waals surface area contributed by atoms with E-state index in [4.69, 9.17) is 0 Å². The van der Waals surface area contributed by atoms with Crippen LogP contribution in [0.15, 0.2) is 93.1 Å². The number of benzene rings is 2. The number of nitrogens with one attached hydrogen (secondary N) is 2. The van der Waals surface area contributed by atoms with E-state index < -0.39 is 5.92 Å². The molecule has 0 radical (unpaired) electrons. The molecule has 0 saturated heterocycles. The fourth-order valence-corrected chi connectivity index (χ4v) is 6.34. The molecule has 2 aromatic heterocycles. The number of nitrogens with zero attached hydrogens (tertiary/aromatic N) is 1. The van der Waals surface area contributed by atoms with Crippen molar-refractivity contribution in [2.24, 2.45) is 0 Å². The molecule has 2 aromatic carbocycles. The Kier molecular flexibility index (Phi) is 5.31. The number of anilines is 1. The van der Waals surface area contributed by atoms with Crippen LogP contribution in [-0.4, -0.2) is 21.8 Å². The molecule has 0 saturated carbocycles. The van der Waals surface area contributed by atoms with Crippen molar-refractivity contribution in [3.63, 3.8) is 0 Å². The van der Waals surface area contributed by atoms with Gasteiger partial charge < -0.3 is 5.32 Å². The third kappa shape index (κ3) is 3.47. The number of H-pyrrole nitrogens is 1. The molecule has 1 aliphatic carbocycles. The predicted octanol–water partition coefficient (Wildman–Crippen LogP) is 5.91. The molecule has 34 heavy (non-hydrogen) atoms. The van der Waals surface area contributed by atoms with Crippen LogP contribution in [0.4, 0.5) is 5.82 Å². The van der Waals surface area contributed by atoms with Crippen LogP contribution >= 0.6 is 23.1 Å². The van der Waals surface area contributed by atoms with Gasteiger partial charge in [0.05, 0.1) is 11.3 Å². The quantitative estimate of drug-likeness (QED) is 0.353. The monoisotopic (exact) mass is 485 g/mol. The Hall–Kier alpha value is -3.29. The van der Waals surface area contributed by atoms with Gasteiger partial charge in [0.2, 0.25) is 0 Å². The lowest BCUT2D eigenvalue weighted by Crippen LogP contribution is -2.31. The summed E-state index contributed by atoms with van der Waals surface area (Å²) in [4.78, 5) is 29.7. The number of hydrogen-bond acceptors (Lipinski definition) is 5. The van der Waals surface area contributed by atoms with Crippen LogP contribution in [0.5, 0.6) is 0 Å². The lowest BCUT2D eigenvalue weighted by molar-refractivity contribution is -0.116. The van der Waals surface area contributed by atoms with E-state index in [9.17, 15) is 9.59 Å². The maximum Gasteiger partial charge on any atom is 0.277 e. The summed E-state index contributed by atoms with van der Waals surface area (Å²) in [6.07, 6.45) is 3.25. The Morgan fingerprint density at radius 1 is 0.971 bits per heavy atom. The van der Waals surface area contributed by atoms with Gasteiger partial charge in [-0.05, 0) is 54.0 Å². The van der Waals surface area contributed by atoms with Gasteiger partial charge in [0, 0.05) is 39.3 Å². The number of ketones is 1. The molecule has 7 heteroatoms. The van der Waals surface area contributed by atoms with Gasteiger partial charge in [0.15, 0.2) is 5.78 Å². The number of carbonyl (C=O) groups is 1. The molecule has 2 aliphatic rings. The van der Waals surface area contributed by atoms with E-state index in [-0.39, 0.29) is 17.3 Å². The zero-order chi connectivity index (χ0) is 23.2. The topological polar surface area (TPSA) is 66.9 Å². The third-order valence-corrected chi connectivity index (χ3v) is 8.47. The number of para-hydroxylation sites is 1. The van der Waals surface area contributed by atoms with Crippen molar-refractivity contribution >= 4 is 34.7 Å². The molecule has 5 nitrogen and oxygen atoms in total. The molecule has 4 aromatic rings. The minimum atomic E-state index is -0.396. The van der Waals surface area contributed by atoms with Crippen molar-refractivity contribution < 1.29 is 4.79 Å². The summed E-state index contributed by atoms with van der Waals surface area (Å²) < 4.78 is 1.57. The third-order valence-electron chi connectivity index (χ3n) is 6.70. The lowest BCUT2D eigenvalue weighted by atomic mass is 9.74. The molecule has 2 atom stereocenters. The van der Waals surface area contributed by atoms with Crippen LogP contribution in [0.2, 0.25) is 0 Å². The Balaban J connectivity index is 1.52. The second-order valence-corrected chi connectivity index (χ2v) is 10.5. The van der Waals surface area contributed by atoms with Gasteiger partial charge in [-0.25, -0.2) is 4.68 Å². The molecule has 1 aliphatic heterocycles. The molecule has 0 unspecified atom stereocenters. The van der Waals surface area contributed by atoms with Crippen molar-refractivity contribution in [1.82, 2.24) is 9.78 Å². The second-order valence-electron chi connectivity index (χ2n) is 8.64. The summed E-state index contributed by atoms with van der Waals surface area (Å²) in [5.41, 5.74) is 3.85. The van der Waals surface area contributed by atoms with Crippen molar-refractivity contribution in [2.75, 3.05) is 11.6 Å². The average Bonchev–Trinajstić information content (AvgIpc) is 3.52. The normalized spacial score (nSPS) is 19.5. The van der Waals surface area contributed by atoms with E-state index in [1.807, 2.05) is 54.8 Å². The molecule has 0 amide bonds. The molecule has 6 rings (SSSR count). The van der Waals surface area contributed by atoms with Gasteiger partial charge in [0.1, 0.15) is 5.82 Å². The Morgan fingerprint density at radius 3 is 2.47 bits per heavy atom. The van der Waals surface area contributed by atoms with Crippen LogP contribution < -0.4 is 10.9 Å². The predicted molar refractivity (Wildman–Crippen MR) is 138 cm³/mol. The number of hydrogen-bond donors (Lipinski definition) is 2. The minimum Gasteiger partial charge on any atom is -0.343 e. The van der Waals surface area contributed by atoms with E-state index in [2.05, 4.69) is 34.0 Å². The van der Waals surface area contributed by atoms with Gasteiger partial charge in [0.25, 0.3) is 5.56 Å². The Labute approximate surface area is 205 Å². The molecule has 3 heterocycles. The number of allylic oxidation sites excluding steroid dienone is 2. The number of carbonyl (C=O) groups excluding carboxylic acids is 1. The van der Waals surface area contributed by atoms with Crippen molar-refractivity contribution in [1.29, 1.82) is 0 Å². The summed E-state index contributed by atoms with van der Waals surface area (Å²) in [7, 11) is 0. The van der Waals surface area contributed by atoms with E-state index >= 15 is 0 Å². The number of fused-ring (bicyclic) bond motifs is 1. The van der Waals surface area contributed by atoms with E-state index in [0.717, 1.165) is 33.8 Å². The highest BCUT2D eigenvalue weighted by atomic mass is 32.2. The van der Waals surface area contributed by atoms with Gasteiger partial charge in [-0.2, -0.15) is 0 Å². The molecule has 2 N–H and O–H groups in total. The smallest absolute Gasteiger partial charge is 0.277 e. The maximum atomic E-state index is 13.7. The molecule has 170 valence electrons. The molecule has 0 bridgehead atoms. The lowest BCUT2D eigenvalue weighted by Gasteiger charge is -2.34.